The summed E-state index contributed by atoms with van der Waals surface area (Å²) in [6.45, 7) is 4.67. The van der Waals surface area contributed by atoms with Gasteiger partial charge in [0.15, 0.2) is 0 Å². The van der Waals surface area contributed by atoms with Crippen LogP contribution < -0.4 is 10.1 Å². The van der Waals surface area contributed by atoms with Gasteiger partial charge in [0.25, 0.3) is 0 Å². The fourth-order valence-electron chi connectivity index (χ4n) is 4.29. The lowest BCUT2D eigenvalue weighted by molar-refractivity contribution is -0.124. The minimum atomic E-state index is 0.0610. The zero-order chi connectivity index (χ0) is 21.1. The smallest absolute Gasteiger partial charge is 0.223 e. The van der Waals surface area contributed by atoms with E-state index in [1.54, 1.807) is 7.11 Å². The lowest BCUT2D eigenvalue weighted by atomic mass is 10.0. The monoisotopic (exact) mass is 404 g/mol. The summed E-state index contributed by atoms with van der Waals surface area (Å²) in [7, 11) is 1.70. The van der Waals surface area contributed by atoms with Gasteiger partial charge in [-0.05, 0) is 55.9 Å². The van der Waals surface area contributed by atoms with Crippen molar-refractivity contribution in [3.8, 4) is 28.1 Å². The second-order valence-electron chi connectivity index (χ2n) is 7.88. The van der Waals surface area contributed by atoms with Crippen LogP contribution in [-0.2, 0) is 4.79 Å². The number of carbonyl (C=O) groups excluding carboxylic acids is 1. The summed E-state index contributed by atoms with van der Waals surface area (Å²) in [5, 5.41) is 11.4. The zero-order valence-corrected chi connectivity index (χ0v) is 17.8. The zero-order valence-electron chi connectivity index (χ0n) is 17.8. The number of hydrogen-bond donors (Lipinski definition) is 1. The molecule has 156 valence electrons. The normalized spacial score (nSPS) is 18.4. The average molecular weight is 405 g/mol. The number of hydrogen-bond acceptors (Lipinski definition) is 4. The van der Waals surface area contributed by atoms with Gasteiger partial charge in [0, 0.05) is 18.0 Å². The number of nitrogens with zero attached hydrogens (tertiary/aromatic N) is 3. The van der Waals surface area contributed by atoms with Gasteiger partial charge in [-0.1, -0.05) is 41.6 Å². The third kappa shape index (κ3) is 3.95. The lowest BCUT2D eigenvalue weighted by Crippen LogP contribution is -2.29. The van der Waals surface area contributed by atoms with E-state index in [2.05, 4.69) is 58.1 Å². The number of nitrogens with one attached hydrogen (secondary N) is 1. The summed E-state index contributed by atoms with van der Waals surface area (Å²) >= 11 is 0. The van der Waals surface area contributed by atoms with Crippen LogP contribution in [0.5, 0.6) is 5.75 Å². The molecule has 1 aliphatic carbocycles. The molecule has 1 saturated carbocycles. The van der Waals surface area contributed by atoms with Crippen molar-refractivity contribution in [2.75, 3.05) is 13.7 Å². The molecular formula is C24H28N4O2. The van der Waals surface area contributed by atoms with Crippen LogP contribution in [0.2, 0.25) is 0 Å². The third-order valence-electron chi connectivity index (χ3n) is 5.97. The Morgan fingerprint density at radius 2 is 1.87 bits per heavy atom. The van der Waals surface area contributed by atoms with Gasteiger partial charge >= 0.3 is 0 Å². The molecule has 1 fully saturated rings. The molecule has 2 atom stereocenters. The van der Waals surface area contributed by atoms with Crippen molar-refractivity contribution in [1.29, 1.82) is 0 Å². The van der Waals surface area contributed by atoms with E-state index in [1.165, 1.54) is 0 Å². The molecule has 0 saturated heterocycles. The largest absolute Gasteiger partial charge is 0.496 e. The topological polar surface area (TPSA) is 69.0 Å². The highest BCUT2D eigenvalue weighted by Gasteiger charge is 2.32. The molecule has 2 aromatic carbocycles. The van der Waals surface area contributed by atoms with Crippen molar-refractivity contribution >= 4 is 5.91 Å². The third-order valence-corrected chi connectivity index (χ3v) is 5.97. The van der Waals surface area contributed by atoms with Crippen LogP contribution in [0, 0.1) is 12.8 Å². The minimum Gasteiger partial charge on any atom is -0.496 e. The maximum absolute atomic E-state index is 12.2. The number of aryl methyl sites for hydroxylation is 1. The van der Waals surface area contributed by atoms with Gasteiger partial charge in [0.1, 0.15) is 5.75 Å². The summed E-state index contributed by atoms with van der Waals surface area (Å²) in [5.41, 5.74) is 5.44. The van der Waals surface area contributed by atoms with E-state index in [1.807, 2.05) is 24.7 Å². The Bertz CT molecular complexity index is 1030. The first-order valence-corrected chi connectivity index (χ1v) is 10.5. The first-order valence-electron chi connectivity index (χ1n) is 10.5. The summed E-state index contributed by atoms with van der Waals surface area (Å²) in [6, 6.07) is 14.9. The molecule has 0 unspecified atom stereocenters. The summed E-state index contributed by atoms with van der Waals surface area (Å²) in [5.74, 6) is 1.10. The highest BCUT2D eigenvalue weighted by molar-refractivity contribution is 5.79. The Labute approximate surface area is 177 Å². The van der Waals surface area contributed by atoms with Crippen LogP contribution in [0.4, 0.5) is 0 Å². The van der Waals surface area contributed by atoms with E-state index in [-0.39, 0.29) is 17.9 Å². The van der Waals surface area contributed by atoms with Gasteiger partial charge in [0.2, 0.25) is 5.91 Å². The second kappa shape index (κ2) is 8.69. The molecule has 1 aliphatic rings. The first-order chi connectivity index (χ1) is 14.6. The fourth-order valence-corrected chi connectivity index (χ4v) is 4.29. The van der Waals surface area contributed by atoms with Crippen molar-refractivity contribution in [3.05, 3.63) is 54.2 Å². The number of carbonyl (C=O) groups is 1. The molecule has 0 radical (unpaired) electrons. The number of methoxy groups -OCH3 is 1. The molecule has 1 heterocycles. The molecule has 1 N–H and O–H groups in total. The van der Waals surface area contributed by atoms with Crippen LogP contribution in [0.1, 0.15) is 37.8 Å². The van der Waals surface area contributed by atoms with Gasteiger partial charge in [-0.15, -0.1) is 5.10 Å². The minimum absolute atomic E-state index is 0.0610. The van der Waals surface area contributed by atoms with Crippen LogP contribution in [0.15, 0.2) is 48.7 Å². The van der Waals surface area contributed by atoms with Gasteiger partial charge in [-0.3, -0.25) is 4.79 Å². The van der Waals surface area contributed by atoms with Crippen LogP contribution in [-0.4, -0.2) is 34.6 Å². The van der Waals surface area contributed by atoms with Crippen LogP contribution in [0.25, 0.3) is 22.4 Å². The molecule has 1 amide bonds. The molecule has 6 heteroatoms. The molecule has 3 aromatic rings. The predicted octanol–water partition coefficient (Wildman–Crippen LogP) is 4.41. The lowest BCUT2D eigenvalue weighted by Gasteiger charge is -2.15. The van der Waals surface area contributed by atoms with Gasteiger partial charge in [-0.25, -0.2) is 4.68 Å². The van der Waals surface area contributed by atoms with E-state index < -0.39 is 0 Å². The highest BCUT2D eigenvalue weighted by atomic mass is 16.5. The number of rotatable bonds is 6. The Hall–Kier alpha value is -3.15. The summed E-state index contributed by atoms with van der Waals surface area (Å²) in [4.78, 5) is 12.2. The van der Waals surface area contributed by atoms with Crippen molar-refractivity contribution < 1.29 is 9.53 Å². The van der Waals surface area contributed by atoms with Gasteiger partial charge in [-0.2, -0.15) is 0 Å². The molecule has 1 aromatic heterocycles. The quantitative estimate of drug-likeness (QED) is 0.661. The van der Waals surface area contributed by atoms with E-state index >= 15 is 0 Å². The van der Waals surface area contributed by atoms with Crippen molar-refractivity contribution in [2.24, 2.45) is 5.92 Å². The Balaban J connectivity index is 1.54. The Morgan fingerprint density at radius 3 is 2.60 bits per heavy atom. The molecule has 6 nitrogen and oxygen atoms in total. The van der Waals surface area contributed by atoms with Crippen molar-refractivity contribution in [2.45, 2.75) is 39.2 Å². The number of ether oxygens (including phenoxy) is 1. The summed E-state index contributed by atoms with van der Waals surface area (Å²) in [6.07, 6.45) is 4.45. The molecule has 0 spiro atoms. The first kappa shape index (κ1) is 20.1. The van der Waals surface area contributed by atoms with Crippen molar-refractivity contribution in [1.82, 2.24) is 20.3 Å². The molecule has 4 rings (SSSR count). The van der Waals surface area contributed by atoms with E-state index in [4.69, 9.17) is 4.74 Å². The number of benzene rings is 2. The van der Waals surface area contributed by atoms with Crippen molar-refractivity contribution in [3.63, 3.8) is 0 Å². The average Bonchev–Trinajstić information content (AvgIpc) is 3.44. The van der Waals surface area contributed by atoms with Gasteiger partial charge < -0.3 is 10.1 Å². The van der Waals surface area contributed by atoms with E-state index in [9.17, 15) is 4.79 Å². The molecule has 0 bridgehead atoms. The maximum Gasteiger partial charge on any atom is 0.223 e. The van der Waals surface area contributed by atoms with E-state index in [0.717, 1.165) is 53.0 Å². The molecular weight excluding hydrogens is 376 g/mol. The van der Waals surface area contributed by atoms with E-state index in [0.29, 0.717) is 6.54 Å². The maximum atomic E-state index is 12.2. The fraction of sp³-hybridized carbons (Fsp3) is 0.375. The van der Waals surface area contributed by atoms with Crippen LogP contribution in [0.3, 0.4) is 0 Å². The SMILES string of the molecule is CCNC(=O)[C@H]1CC[C@@H](n2nncc2-c2ccc(-c3ccc(C)c(OC)c3)cc2)C1. The molecule has 30 heavy (non-hydrogen) atoms. The Morgan fingerprint density at radius 1 is 1.13 bits per heavy atom. The summed E-state index contributed by atoms with van der Waals surface area (Å²) < 4.78 is 7.44. The Kier molecular flexibility index (Phi) is 5.84. The van der Waals surface area contributed by atoms with Crippen LogP contribution >= 0.6 is 0 Å². The predicted molar refractivity (Wildman–Crippen MR) is 117 cm³/mol. The number of amides is 1. The second-order valence-corrected chi connectivity index (χ2v) is 7.88. The number of aromatic nitrogens is 3. The standard InChI is InChI=1S/C24H28N4O2/c1-4-25-24(29)20-11-12-21(13-20)28-22(15-26-27-28)18-9-7-17(8-10-18)19-6-5-16(2)23(14-19)30-3/h5-10,14-15,20-21H,4,11-13H2,1-3H3,(H,25,29)/t20-,21+/m0/s1. The van der Waals surface area contributed by atoms with Gasteiger partial charge in [0.05, 0.1) is 25.0 Å². The highest BCUT2D eigenvalue weighted by Crippen LogP contribution is 2.37. The molecule has 0 aliphatic heterocycles.